The van der Waals surface area contributed by atoms with Crippen LogP contribution in [0.2, 0.25) is 0 Å². The zero-order valence-corrected chi connectivity index (χ0v) is 15.4. The number of amides is 1. The van der Waals surface area contributed by atoms with Crippen molar-refractivity contribution in [1.82, 2.24) is 19.7 Å². The first-order chi connectivity index (χ1) is 13.2. The molecule has 8 nitrogen and oxygen atoms in total. The van der Waals surface area contributed by atoms with Crippen molar-refractivity contribution in [3.63, 3.8) is 0 Å². The lowest BCUT2D eigenvalue weighted by Crippen LogP contribution is -2.67. The molecule has 144 valence electrons. The number of rotatable bonds is 6. The van der Waals surface area contributed by atoms with E-state index in [1.165, 1.54) is 0 Å². The summed E-state index contributed by atoms with van der Waals surface area (Å²) in [6.07, 6.45) is 5.17. The minimum absolute atomic E-state index is 0.0548. The summed E-state index contributed by atoms with van der Waals surface area (Å²) in [6, 6.07) is 7.38. The third kappa shape index (κ3) is 3.96. The average Bonchev–Trinajstić information content (AvgIpc) is 3.14. The smallest absolute Gasteiger partial charge is 0.274 e. The van der Waals surface area contributed by atoms with Crippen molar-refractivity contribution in [3.8, 4) is 5.88 Å². The minimum atomic E-state index is -0.314. The van der Waals surface area contributed by atoms with Crippen molar-refractivity contribution in [2.24, 2.45) is 0 Å². The molecule has 2 saturated heterocycles. The summed E-state index contributed by atoms with van der Waals surface area (Å²) in [5.41, 5.74) is 0.143. The molecule has 1 atom stereocenters. The van der Waals surface area contributed by atoms with Crippen LogP contribution in [0.15, 0.2) is 36.7 Å². The first-order valence-corrected chi connectivity index (χ1v) is 9.21. The van der Waals surface area contributed by atoms with Crippen molar-refractivity contribution in [2.45, 2.75) is 31.1 Å². The predicted octanol–water partition coefficient (Wildman–Crippen LogP) is 1.38. The number of carbonyl (C=O) groups is 1. The summed E-state index contributed by atoms with van der Waals surface area (Å²) >= 11 is 0. The number of hydrogen-bond donors (Lipinski definition) is 0. The van der Waals surface area contributed by atoms with Crippen molar-refractivity contribution < 1.29 is 19.0 Å². The van der Waals surface area contributed by atoms with E-state index in [1.54, 1.807) is 35.2 Å². The van der Waals surface area contributed by atoms with Gasteiger partial charge in [0, 0.05) is 38.4 Å². The Hall–Kier alpha value is -2.45. The largest absolute Gasteiger partial charge is 0.474 e. The van der Waals surface area contributed by atoms with E-state index in [0.717, 1.165) is 12.8 Å². The molecule has 0 saturated carbocycles. The van der Waals surface area contributed by atoms with E-state index >= 15 is 0 Å². The number of pyridine rings is 1. The highest BCUT2D eigenvalue weighted by atomic mass is 16.5. The molecular formula is C19H24N4O4. The second-order valence-electron chi connectivity index (χ2n) is 7.05. The fourth-order valence-corrected chi connectivity index (χ4v) is 3.63. The van der Waals surface area contributed by atoms with Gasteiger partial charge in [0.05, 0.1) is 32.8 Å². The Balaban J connectivity index is 1.32. The van der Waals surface area contributed by atoms with Crippen LogP contribution in [0, 0.1) is 0 Å². The van der Waals surface area contributed by atoms with Crippen LogP contribution in [0.25, 0.3) is 0 Å². The van der Waals surface area contributed by atoms with Crippen molar-refractivity contribution in [3.05, 3.63) is 42.4 Å². The normalized spacial score (nSPS) is 21.1. The molecule has 8 heteroatoms. The van der Waals surface area contributed by atoms with Crippen LogP contribution in [-0.4, -0.2) is 70.7 Å². The fraction of sp³-hybridized carbons (Fsp3) is 0.526. The van der Waals surface area contributed by atoms with E-state index in [4.69, 9.17) is 14.2 Å². The third-order valence-corrected chi connectivity index (χ3v) is 5.00. The molecule has 0 aromatic carbocycles. The summed E-state index contributed by atoms with van der Waals surface area (Å²) in [6.45, 7) is 2.96. The Morgan fingerprint density at radius 2 is 2.26 bits per heavy atom. The van der Waals surface area contributed by atoms with Gasteiger partial charge < -0.3 is 19.1 Å². The number of carbonyl (C=O) groups excluding carboxylic acids is 1. The summed E-state index contributed by atoms with van der Waals surface area (Å²) in [7, 11) is 1.64. The highest BCUT2D eigenvalue weighted by molar-refractivity contribution is 5.93. The van der Waals surface area contributed by atoms with E-state index in [9.17, 15) is 4.79 Å². The molecule has 1 amide bonds. The molecule has 2 fully saturated rings. The average molecular weight is 372 g/mol. The van der Waals surface area contributed by atoms with Crippen LogP contribution in [-0.2, 0) is 16.0 Å². The van der Waals surface area contributed by atoms with Gasteiger partial charge >= 0.3 is 0 Å². The van der Waals surface area contributed by atoms with Crippen molar-refractivity contribution in [2.75, 3.05) is 33.4 Å². The molecule has 4 heterocycles. The van der Waals surface area contributed by atoms with E-state index in [-0.39, 0.29) is 17.6 Å². The van der Waals surface area contributed by atoms with Gasteiger partial charge in [-0.2, -0.15) is 5.10 Å². The molecule has 2 aromatic heterocycles. The van der Waals surface area contributed by atoms with Crippen LogP contribution in [0.4, 0.5) is 0 Å². The lowest BCUT2D eigenvalue weighted by atomic mass is 9.84. The zero-order valence-electron chi connectivity index (χ0n) is 15.4. The van der Waals surface area contributed by atoms with Gasteiger partial charge in [-0.1, -0.05) is 6.07 Å². The minimum Gasteiger partial charge on any atom is -0.474 e. The van der Waals surface area contributed by atoms with Crippen molar-refractivity contribution in [1.29, 1.82) is 0 Å². The Morgan fingerprint density at radius 3 is 3.04 bits per heavy atom. The van der Waals surface area contributed by atoms with Gasteiger partial charge in [-0.25, -0.2) is 4.98 Å². The summed E-state index contributed by atoms with van der Waals surface area (Å²) in [4.78, 5) is 18.6. The molecule has 0 unspecified atom stereocenters. The maximum atomic E-state index is 12.6. The Kier molecular flexibility index (Phi) is 5.09. The molecular weight excluding hydrogens is 348 g/mol. The topological polar surface area (TPSA) is 78.7 Å². The van der Waals surface area contributed by atoms with Crippen LogP contribution < -0.4 is 4.74 Å². The summed E-state index contributed by atoms with van der Waals surface area (Å²) < 4.78 is 18.7. The van der Waals surface area contributed by atoms with Gasteiger partial charge in [0.15, 0.2) is 0 Å². The molecule has 2 aliphatic rings. The summed E-state index contributed by atoms with van der Waals surface area (Å²) in [5, 5.41) is 4.33. The monoisotopic (exact) mass is 372 g/mol. The number of methoxy groups -OCH3 is 1. The van der Waals surface area contributed by atoms with Gasteiger partial charge in [-0.3, -0.25) is 9.48 Å². The molecule has 0 aliphatic carbocycles. The maximum absolute atomic E-state index is 12.6. The van der Waals surface area contributed by atoms with Gasteiger partial charge in [0.2, 0.25) is 5.88 Å². The number of ether oxygens (including phenoxy) is 3. The molecule has 2 aromatic rings. The highest BCUT2D eigenvalue weighted by Gasteiger charge is 2.50. The third-order valence-electron chi connectivity index (χ3n) is 5.00. The van der Waals surface area contributed by atoms with Crippen LogP contribution in [0.5, 0.6) is 5.88 Å². The Morgan fingerprint density at radius 1 is 1.37 bits per heavy atom. The van der Waals surface area contributed by atoms with Crippen molar-refractivity contribution >= 4 is 5.91 Å². The number of nitrogens with zero attached hydrogens (tertiary/aromatic N) is 4. The van der Waals surface area contributed by atoms with Gasteiger partial charge in [-0.15, -0.1) is 0 Å². The van der Waals surface area contributed by atoms with Gasteiger partial charge in [0.1, 0.15) is 17.4 Å². The van der Waals surface area contributed by atoms with Crippen LogP contribution in [0.3, 0.4) is 0 Å². The molecule has 1 spiro atoms. The SMILES string of the molecule is COCCn1ccc(C(=O)N2CC3(C[C@H](Oc4ccccn4)CCO3)C2)n1. The molecule has 4 rings (SSSR count). The molecule has 2 aliphatic heterocycles. The summed E-state index contributed by atoms with van der Waals surface area (Å²) in [5.74, 6) is 0.571. The molecule has 0 radical (unpaired) electrons. The standard InChI is InChI=1S/C19H24N4O4/c1-25-11-9-23-8-5-16(21-23)18(24)22-13-19(14-22)12-15(6-10-26-19)27-17-4-2-3-7-20-17/h2-5,7-8,15H,6,9-14H2,1H3/t15-/m1/s1. The lowest BCUT2D eigenvalue weighted by Gasteiger charge is -2.52. The fourth-order valence-electron chi connectivity index (χ4n) is 3.63. The number of hydrogen-bond acceptors (Lipinski definition) is 6. The van der Waals surface area contributed by atoms with Crippen LogP contribution in [0.1, 0.15) is 23.3 Å². The van der Waals surface area contributed by atoms with Gasteiger partial charge in [0.25, 0.3) is 5.91 Å². The lowest BCUT2D eigenvalue weighted by molar-refractivity contribution is -0.174. The van der Waals surface area contributed by atoms with E-state index < -0.39 is 0 Å². The second-order valence-corrected chi connectivity index (χ2v) is 7.05. The molecule has 0 N–H and O–H groups in total. The van der Waals surface area contributed by atoms with Gasteiger partial charge in [-0.05, 0) is 12.1 Å². The van der Waals surface area contributed by atoms with Crippen LogP contribution >= 0.6 is 0 Å². The first kappa shape index (κ1) is 17.9. The van der Waals surface area contributed by atoms with E-state index in [1.807, 2.05) is 18.2 Å². The molecule has 0 bridgehead atoms. The predicted molar refractivity (Wildman–Crippen MR) is 96.6 cm³/mol. The number of likely N-dealkylation sites (tertiary alicyclic amines) is 1. The highest BCUT2D eigenvalue weighted by Crippen LogP contribution is 2.36. The first-order valence-electron chi connectivity index (χ1n) is 9.21. The maximum Gasteiger partial charge on any atom is 0.274 e. The van der Waals surface area contributed by atoms with E-state index in [0.29, 0.717) is 44.4 Å². The zero-order chi connectivity index (χ0) is 18.7. The van der Waals surface area contributed by atoms with E-state index in [2.05, 4.69) is 10.1 Å². The second kappa shape index (κ2) is 7.66. The Labute approximate surface area is 158 Å². The quantitative estimate of drug-likeness (QED) is 0.762. The number of aromatic nitrogens is 3. The molecule has 27 heavy (non-hydrogen) atoms. The Bertz CT molecular complexity index is 773.